The molecule has 2 rings (SSSR count). The first-order valence-corrected chi connectivity index (χ1v) is 6.78. The molecule has 104 valence electrons. The van der Waals surface area contributed by atoms with Crippen molar-refractivity contribution in [2.45, 2.75) is 16.7 Å². The average molecular weight is 289 g/mol. The highest BCUT2D eigenvalue weighted by molar-refractivity contribution is 7.99. The van der Waals surface area contributed by atoms with Gasteiger partial charge in [-0.05, 0) is 42.8 Å². The van der Waals surface area contributed by atoms with Gasteiger partial charge in [0, 0.05) is 15.5 Å². The number of methoxy groups -OCH3 is 1. The molecule has 0 fully saturated rings. The molecule has 0 bridgehead atoms. The summed E-state index contributed by atoms with van der Waals surface area (Å²) in [7, 11) is 1.61. The number of hydrogen-bond acceptors (Lipinski definition) is 4. The van der Waals surface area contributed by atoms with Gasteiger partial charge in [-0.3, -0.25) is 0 Å². The highest BCUT2D eigenvalue weighted by Gasteiger charge is 2.12. The summed E-state index contributed by atoms with van der Waals surface area (Å²) in [6, 6.07) is 11.1. The number of carbonyl (C=O) groups is 1. The van der Waals surface area contributed by atoms with Crippen LogP contribution in [0.15, 0.2) is 46.2 Å². The van der Waals surface area contributed by atoms with Crippen molar-refractivity contribution < 1.29 is 14.6 Å². The number of hydrogen-bond donors (Lipinski definition) is 2. The van der Waals surface area contributed by atoms with Gasteiger partial charge < -0.3 is 15.6 Å². The molecule has 0 heterocycles. The van der Waals surface area contributed by atoms with E-state index in [0.717, 1.165) is 21.1 Å². The fraction of sp³-hybridized carbons (Fsp3) is 0.133. The van der Waals surface area contributed by atoms with Gasteiger partial charge in [0.25, 0.3) is 0 Å². The van der Waals surface area contributed by atoms with E-state index < -0.39 is 5.97 Å². The molecule has 0 radical (unpaired) electrons. The molecule has 0 amide bonds. The molecule has 0 saturated heterocycles. The zero-order valence-corrected chi connectivity index (χ0v) is 12.0. The molecule has 0 saturated carbocycles. The smallest absolute Gasteiger partial charge is 0.337 e. The normalized spacial score (nSPS) is 10.3. The monoisotopic (exact) mass is 289 g/mol. The first kappa shape index (κ1) is 14.3. The predicted octanol–water partition coefficient (Wildman–Crippen LogP) is 3.44. The first-order valence-electron chi connectivity index (χ1n) is 5.96. The van der Waals surface area contributed by atoms with Crippen molar-refractivity contribution in [3.8, 4) is 5.75 Å². The van der Waals surface area contributed by atoms with Gasteiger partial charge in [0.05, 0.1) is 12.7 Å². The molecule has 0 spiro atoms. The molecule has 0 aliphatic carbocycles. The third-order valence-corrected chi connectivity index (χ3v) is 3.83. The van der Waals surface area contributed by atoms with Gasteiger partial charge in [-0.25, -0.2) is 4.79 Å². The van der Waals surface area contributed by atoms with E-state index in [4.69, 9.17) is 15.6 Å². The maximum atomic E-state index is 11.2. The lowest BCUT2D eigenvalue weighted by Crippen LogP contribution is -2.04. The molecule has 0 atom stereocenters. The number of carboxylic acid groups (broad SMARTS) is 1. The molecule has 0 aliphatic rings. The summed E-state index contributed by atoms with van der Waals surface area (Å²) in [6.45, 7) is 1.80. The summed E-state index contributed by atoms with van der Waals surface area (Å²) >= 11 is 1.47. The summed E-state index contributed by atoms with van der Waals surface area (Å²) in [5.41, 5.74) is 6.99. The lowest BCUT2D eigenvalue weighted by Gasteiger charge is -2.09. The van der Waals surface area contributed by atoms with Crippen molar-refractivity contribution >= 4 is 23.4 Å². The highest BCUT2D eigenvalue weighted by atomic mass is 32.2. The largest absolute Gasteiger partial charge is 0.497 e. The predicted molar refractivity (Wildman–Crippen MR) is 79.7 cm³/mol. The van der Waals surface area contributed by atoms with Crippen molar-refractivity contribution in [2.24, 2.45) is 0 Å². The second-order valence-electron chi connectivity index (χ2n) is 4.29. The number of anilines is 1. The Balaban J connectivity index is 2.36. The summed E-state index contributed by atoms with van der Waals surface area (Å²) in [4.78, 5) is 13.0. The van der Waals surface area contributed by atoms with E-state index in [2.05, 4.69) is 0 Å². The Kier molecular flexibility index (Phi) is 4.20. The number of aryl methyl sites for hydroxylation is 1. The van der Waals surface area contributed by atoms with Crippen LogP contribution in [-0.4, -0.2) is 18.2 Å². The van der Waals surface area contributed by atoms with Crippen LogP contribution in [0.4, 0.5) is 5.69 Å². The van der Waals surface area contributed by atoms with Gasteiger partial charge in [-0.15, -0.1) is 0 Å². The summed E-state index contributed by atoms with van der Waals surface area (Å²) in [6.07, 6.45) is 0. The Bertz CT molecular complexity index is 656. The Morgan fingerprint density at radius 2 is 2.00 bits per heavy atom. The van der Waals surface area contributed by atoms with Crippen molar-refractivity contribution in [3.63, 3.8) is 0 Å². The quantitative estimate of drug-likeness (QED) is 0.844. The van der Waals surface area contributed by atoms with Crippen molar-refractivity contribution in [1.82, 2.24) is 0 Å². The van der Waals surface area contributed by atoms with Gasteiger partial charge in [0.1, 0.15) is 5.75 Å². The number of benzene rings is 2. The van der Waals surface area contributed by atoms with Crippen LogP contribution in [-0.2, 0) is 0 Å². The Labute approximate surface area is 121 Å². The van der Waals surface area contributed by atoms with Crippen LogP contribution in [0.5, 0.6) is 5.75 Å². The summed E-state index contributed by atoms with van der Waals surface area (Å²) < 4.78 is 5.17. The van der Waals surface area contributed by atoms with Crippen molar-refractivity contribution in [2.75, 3.05) is 12.8 Å². The molecule has 2 aromatic rings. The van der Waals surface area contributed by atoms with E-state index in [1.165, 1.54) is 11.8 Å². The number of nitrogens with two attached hydrogens (primary N) is 1. The van der Waals surface area contributed by atoms with E-state index >= 15 is 0 Å². The van der Waals surface area contributed by atoms with Crippen LogP contribution < -0.4 is 10.5 Å². The van der Waals surface area contributed by atoms with Crippen LogP contribution in [0.2, 0.25) is 0 Å². The molecule has 20 heavy (non-hydrogen) atoms. The number of rotatable bonds is 4. The minimum atomic E-state index is -1.02. The van der Waals surface area contributed by atoms with Gasteiger partial charge in [-0.1, -0.05) is 17.8 Å². The van der Waals surface area contributed by atoms with E-state index in [1.54, 1.807) is 20.1 Å². The Hall–Kier alpha value is -2.14. The number of carboxylic acids is 1. The zero-order chi connectivity index (χ0) is 14.7. The minimum absolute atomic E-state index is 0.135. The SMILES string of the molecule is COc1cccc(Sc2cc(C)c(N)c(C(=O)O)c2)c1. The molecule has 2 aromatic carbocycles. The van der Waals surface area contributed by atoms with Gasteiger partial charge in [-0.2, -0.15) is 0 Å². The third kappa shape index (κ3) is 3.05. The molecule has 0 aliphatic heterocycles. The maximum absolute atomic E-state index is 11.2. The second kappa shape index (κ2) is 5.88. The lowest BCUT2D eigenvalue weighted by atomic mass is 10.1. The molecular weight excluding hydrogens is 274 g/mol. The van der Waals surface area contributed by atoms with E-state index in [1.807, 2.05) is 30.3 Å². The Morgan fingerprint density at radius 3 is 2.65 bits per heavy atom. The molecule has 4 nitrogen and oxygen atoms in total. The average Bonchev–Trinajstić information content (AvgIpc) is 2.42. The first-order chi connectivity index (χ1) is 9.51. The van der Waals surface area contributed by atoms with Gasteiger partial charge in [0.15, 0.2) is 0 Å². The lowest BCUT2D eigenvalue weighted by molar-refractivity contribution is 0.0697. The van der Waals surface area contributed by atoms with Crippen LogP contribution in [0.25, 0.3) is 0 Å². The van der Waals surface area contributed by atoms with Crippen molar-refractivity contribution in [3.05, 3.63) is 47.5 Å². The maximum Gasteiger partial charge on any atom is 0.337 e. The number of nitrogen functional groups attached to an aromatic ring is 1. The van der Waals surface area contributed by atoms with Gasteiger partial charge >= 0.3 is 5.97 Å². The highest BCUT2D eigenvalue weighted by Crippen LogP contribution is 2.33. The number of aromatic carboxylic acids is 1. The van der Waals surface area contributed by atoms with Crippen molar-refractivity contribution in [1.29, 1.82) is 0 Å². The Morgan fingerprint density at radius 1 is 1.25 bits per heavy atom. The summed E-state index contributed by atoms with van der Waals surface area (Å²) in [5.74, 6) is -0.251. The summed E-state index contributed by atoms with van der Waals surface area (Å²) in [5, 5.41) is 9.15. The fourth-order valence-corrected chi connectivity index (χ4v) is 2.81. The van der Waals surface area contributed by atoms with Gasteiger partial charge in [0.2, 0.25) is 0 Å². The third-order valence-electron chi connectivity index (χ3n) is 2.87. The molecule has 3 N–H and O–H groups in total. The molecule has 5 heteroatoms. The fourth-order valence-electron chi connectivity index (χ4n) is 1.80. The van der Waals surface area contributed by atoms with Crippen LogP contribution >= 0.6 is 11.8 Å². The number of ether oxygens (including phenoxy) is 1. The van der Waals surface area contributed by atoms with E-state index in [0.29, 0.717) is 5.69 Å². The standard InChI is InChI=1S/C15H15NO3S/c1-9-6-12(8-13(14(9)16)15(17)18)20-11-5-3-4-10(7-11)19-2/h3-8H,16H2,1-2H3,(H,17,18). The van der Waals surface area contributed by atoms with Crippen LogP contribution in [0, 0.1) is 6.92 Å². The van der Waals surface area contributed by atoms with E-state index in [-0.39, 0.29) is 5.56 Å². The van der Waals surface area contributed by atoms with E-state index in [9.17, 15) is 4.79 Å². The minimum Gasteiger partial charge on any atom is -0.497 e. The zero-order valence-electron chi connectivity index (χ0n) is 11.2. The second-order valence-corrected chi connectivity index (χ2v) is 5.43. The van der Waals surface area contributed by atoms with Crippen LogP contribution in [0.3, 0.4) is 0 Å². The molecular formula is C15H15NO3S. The van der Waals surface area contributed by atoms with Crippen LogP contribution in [0.1, 0.15) is 15.9 Å². The molecule has 0 unspecified atom stereocenters. The molecule has 0 aromatic heterocycles. The topological polar surface area (TPSA) is 72.5 Å².